The molecule has 0 saturated carbocycles. The van der Waals surface area contributed by atoms with Crippen molar-refractivity contribution in [2.24, 2.45) is 5.10 Å². The molecule has 0 spiro atoms. The number of aromatic nitrogens is 3. The molecule has 0 unspecified atom stereocenters. The number of rotatable bonds is 7. The fraction of sp³-hybridized carbons (Fsp3) is 0.158. The smallest absolute Gasteiger partial charge is 0.264 e. The van der Waals surface area contributed by atoms with Crippen molar-refractivity contribution >= 4 is 47.1 Å². The van der Waals surface area contributed by atoms with Gasteiger partial charge in [-0.1, -0.05) is 47.6 Å². The number of aryl methyl sites for hydroxylation is 2. The number of carbonyl (C=O) groups is 1. The Hall–Kier alpha value is -3.04. The van der Waals surface area contributed by atoms with Gasteiger partial charge in [0.2, 0.25) is 11.1 Å². The molecule has 4 N–H and O–H groups in total. The number of nitrogens with zero attached hydrogens (tertiary/aromatic N) is 4. The highest BCUT2D eigenvalue weighted by Gasteiger charge is 2.12. The second-order valence-electron chi connectivity index (χ2n) is 6.26. The summed E-state index contributed by atoms with van der Waals surface area (Å²) in [7, 11) is 0. The Morgan fingerprint density at radius 2 is 2.10 bits per heavy atom. The summed E-state index contributed by atoms with van der Waals surface area (Å²) >= 11 is 7.11. The van der Waals surface area contributed by atoms with E-state index in [1.54, 1.807) is 18.3 Å². The maximum atomic E-state index is 12.2. The van der Waals surface area contributed by atoms with E-state index in [9.17, 15) is 4.79 Å². The minimum absolute atomic E-state index is 0.147. The Kier molecular flexibility index (Phi) is 6.73. The largest absolute Gasteiger partial charge is 0.334 e. The average molecular weight is 430 g/mol. The van der Waals surface area contributed by atoms with Gasteiger partial charge in [-0.25, -0.2) is 10.1 Å². The van der Waals surface area contributed by atoms with Gasteiger partial charge in [-0.3, -0.25) is 4.79 Å². The molecule has 0 aliphatic heterocycles. The molecule has 0 aliphatic rings. The van der Waals surface area contributed by atoms with E-state index in [1.165, 1.54) is 16.4 Å². The average Bonchev–Trinajstić information content (AvgIpc) is 3.03. The molecule has 1 heterocycles. The lowest BCUT2D eigenvalue weighted by atomic mass is 10.1. The molecule has 1 amide bonds. The Morgan fingerprint density at radius 3 is 2.90 bits per heavy atom. The van der Waals surface area contributed by atoms with Gasteiger partial charge in [0.05, 0.1) is 12.0 Å². The molecule has 0 atom stereocenters. The lowest BCUT2D eigenvalue weighted by Gasteiger charge is -2.09. The predicted octanol–water partition coefficient (Wildman–Crippen LogP) is 3.44. The highest BCUT2D eigenvalue weighted by atomic mass is 35.5. The lowest BCUT2D eigenvalue weighted by Crippen LogP contribution is -2.17. The van der Waals surface area contributed by atoms with Gasteiger partial charge in [0.1, 0.15) is 0 Å². The summed E-state index contributed by atoms with van der Waals surface area (Å²) < 4.78 is 1.24. The van der Waals surface area contributed by atoms with Crippen LogP contribution in [0.2, 0.25) is 5.02 Å². The zero-order valence-corrected chi connectivity index (χ0v) is 17.5. The van der Waals surface area contributed by atoms with Gasteiger partial charge in [0.25, 0.3) is 5.95 Å². The van der Waals surface area contributed by atoms with Gasteiger partial charge in [0.15, 0.2) is 0 Å². The van der Waals surface area contributed by atoms with Crippen LogP contribution in [0.25, 0.3) is 0 Å². The second kappa shape index (κ2) is 9.44. The number of nitrogens with two attached hydrogens (primary N) is 1. The van der Waals surface area contributed by atoms with E-state index >= 15 is 0 Å². The lowest BCUT2D eigenvalue weighted by molar-refractivity contribution is -0.113. The topological polar surface area (TPSA) is 110 Å². The van der Waals surface area contributed by atoms with Crippen molar-refractivity contribution in [1.29, 1.82) is 0 Å². The fourth-order valence-electron chi connectivity index (χ4n) is 2.39. The molecular weight excluding hydrogens is 410 g/mol. The van der Waals surface area contributed by atoms with Crippen molar-refractivity contribution in [3.63, 3.8) is 0 Å². The van der Waals surface area contributed by atoms with Crippen LogP contribution < -0.4 is 16.6 Å². The summed E-state index contributed by atoms with van der Waals surface area (Å²) in [6.07, 6.45) is 1.59. The summed E-state index contributed by atoms with van der Waals surface area (Å²) in [6, 6.07) is 13.1. The second-order valence-corrected chi connectivity index (χ2v) is 7.64. The number of hydrogen-bond acceptors (Lipinski definition) is 7. The molecule has 0 aliphatic carbocycles. The summed E-state index contributed by atoms with van der Waals surface area (Å²) in [6.45, 7) is 3.92. The van der Waals surface area contributed by atoms with Crippen LogP contribution in [0.3, 0.4) is 0 Å². The van der Waals surface area contributed by atoms with Crippen LogP contribution in [-0.2, 0) is 4.79 Å². The van der Waals surface area contributed by atoms with Crippen molar-refractivity contribution in [3.8, 4) is 0 Å². The Balaban J connectivity index is 1.55. The molecule has 1 aromatic heterocycles. The molecule has 0 radical (unpaired) electrons. The number of hydrogen-bond donors (Lipinski definition) is 3. The van der Waals surface area contributed by atoms with Crippen molar-refractivity contribution in [2.45, 2.75) is 19.0 Å². The van der Waals surface area contributed by atoms with E-state index in [0.29, 0.717) is 10.2 Å². The third-order valence-corrected chi connectivity index (χ3v) is 5.07. The minimum atomic E-state index is -0.153. The van der Waals surface area contributed by atoms with Gasteiger partial charge < -0.3 is 11.2 Å². The molecule has 0 saturated heterocycles. The normalized spacial score (nSPS) is 11.0. The van der Waals surface area contributed by atoms with Crippen LogP contribution in [0.1, 0.15) is 16.7 Å². The van der Waals surface area contributed by atoms with E-state index in [2.05, 4.69) is 26.0 Å². The number of halogens is 1. The molecule has 0 bridgehead atoms. The van der Waals surface area contributed by atoms with Crippen LogP contribution in [0.5, 0.6) is 0 Å². The predicted molar refractivity (Wildman–Crippen MR) is 118 cm³/mol. The molecule has 3 rings (SSSR count). The molecule has 2 aromatic carbocycles. The van der Waals surface area contributed by atoms with Gasteiger partial charge in [-0.05, 0) is 48.7 Å². The number of nitrogens with one attached hydrogen (secondary N) is 2. The monoisotopic (exact) mass is 429 g/mol. The summed E-state index contributed by atoms with van der Waals surface area (Å²) in [4.78, 5) is 12.2. The number of benzene rings is 2. The van der Waals surface area contributed by atoms with E-state index < -0.39 is 0 Å². The van der Waals surface area contributed by atoms with Crippen LogP contribution in [0.15, 0.2) is 52.7 Å². The van der Waals surface area contributed by atoms with Gasteiger partial charge in [-0.2, -0.15) is 5.10 Å². The number of anilines is 2. The number of carbonyl (C=O) groups excluding carboxylic acids is 1. The maximum absolute atomic E-state index is 12.2. The zero-order chi connectivity index (χ0) is 20.8. The van der Waals surface area contributed by atoms with E-state index in [-0.39, 0.29) is 17.6 Å². The van der Waals surface area contributed by atoms with Gasteiger partial charge in [0, 0.05) is 10.7 Å². The number of amides is 1. The fourth-order valence-corrected chi connectivity index (χ4v) is 3.25. The first-order valence-electron chi connectivity index (χ1n) is 8.67. The zero-order valence-electron chi connectivity index (χ0n) is 15.9. The number of hydrazone groups is 1. The number of thioether (sulfide) groups is 1. The first kappa shape index (κ1) is 20.7. The Labute approximate surface area is 177 Å². The quantitative estimate of drug-likeness (QED) is 0.229. The summed E-state index contributed by atoms with van der Waals surface area (Å²) in [5, 5.41) is 15.9. The van der Waals surface area contributed by atoms with Crippen LogP contribution in [-0.4, -0.2) is 32.7 Å². The summed E-state index contributed by atoms with van der Waals surface area (Å²) in [5.41, 5.74) is 6.42. The van der Waals surface area contributed by atoms with Crippen LogP contribution >= 0.6 is 23.4 Å². The molecule has 0 fully saturated rings. The van der Waals surface area contributed by atoms with Gasteiger partial charge in [-0.15, -0.1) is 10.2 Å². The highest BCUT2D eigenvalue weighted by Crippen LogP contribution is 2.19. The molecule has 3 aromatic rings. The molecule has 29 heavy (non-hydrogen) atoms. The van der Waals surface area contributed by atoms with Gasteiger partial charge >= 0.3 is 0 Å². The third-order valence-electron chi connectivity index (χ3n) is 3.89. The van der Waals surface area contributed by atoms with Crippen molar-refractivity contribution in [1.82, 2.24) is 14.9 Å². The number of nitrogen functional groups attached to an aromatic ring is 1. The maximum Gasteiger partial charge on any atom is 0.264 e. The van der Waals surface area contributed by atoms with Crippen molar-refractivity contribution in [2.75, 3.05) is 22.3 Å². The SMILES string of the molecule is Cc1ccc(C)c(NC(=O)CSc2nnc(N/N=C/c3cccc(Cl)c3)n2N)c1. The van der Waals surface area contributed by atoms with E-state index in [0.717, 1.165) is 22.4 Å². The molecule has 150 valence electrons. The summed E-state index contributed by atoms with van der Waals surface area (Å²) in [5.74, 6) is 6.22. The van der Waals surface area contributed by atoms with Crippen molar-refractivity contribution < 1.29 is 4.79 Å². The minimum Gasteiger partial charge on any atom is -0.334 e. The Morgan fingerprint density at radius 1 is 1.28 bits per heavy atom. The molecular formula is C19H20ClN7OS. The van der Waals surface area contributed by atoms with E-state index in [4.69, 9.17) is 17.4 Å². The highest BCUT2D eigenvalue weighted by molar-refractivity contribution is 7.99. The standard InChI is InChI=1S/C19H20ClN7OS/c1-12-6-7-13(2)16(8-12)23-17(28)11-29-19-26-25-18(27(19)21)24-22-10-14-4-3-5-15(20)9-14/h3-10H,11,21H2,1-2H3,(H,23,28)(H,24,25)/b22-10+. The Bertz CT molecular complexity index is 1050. The molecule has 8 nitrogen and oxygen atoms in total. The first-order chi connectivity index (χ1) is 13.9. The van der Waals surface area contributed by atoms with Crippen LogP contribution in [0, 0.1) is 13.8 Å². The molecule has 10 heteroatoms. The van der Waals surface area contributed by atoms with E-state index in [1.807, 2.05) is 44.2 Å². The third kappa shape index (κ3) is 5.72. The van der Waals surface area contributed by atoms with Crippen molar-refractivity contribution in [3.05, 3.63) is 64.2 Å². The van der Waals surface area contributed by atoms with Crippen LogP contribution in [0.4, 0.5) is 11.6 Å². The first-order valence-corrected chi connectivity index (χ1v) is 10.0.